The standard InChI is InChI=1S/C34H43F5O2.C34H43F3O3.C33H43F3O3/c1-3-5-21-7-9-23(10-8-21)11-14-24-15-16-25-19-26-20-28(30(36)31(37)33(26)40-32(25)29(24)35)41-34(38,39)27-17-12-22(6-4-2)13-18-27;1-3-5-21-7-9-23(10-8-21)11-14-24-17-18-26-19-27-20-28(30(36)31(37)33(27)40-32(26)29(24)35)39-34(38)25-15-12-22(6-4-2)13-16-25;1-3-5-21-7-9-23(10-8-21)20-38-28-16-13-25-18-26-17-24(12-15-27-14-11-22(6-4-2)19-37-27)29(34)31(36)33(26)39-32(25)30(28)35/h15-16,20-23,27H,3-14,17-19H2,1-2H3;17-18,20-23,25H,3-16,19H2,1-2H3;13,16-17,21-23,27H,3-12,14-15,18-20H2,1-2H3. The Hall–Kier alpha value is -7.02. The lowest BCUT2D eigenvalue weighted by Crippen LogP contribution is -2.37. The summed E-state index contributed by atoms with van der Waals surface area (Å²) in [6.45, 7) is 14.3. The number of benzene rings is 6. The Morgan fingerprint density at radius 1 is 0.342 bits per heavy atom. The fourth-order valence-corrected chi connectivity index (χ4v) is 21.3. The van der Waals surface area contributed by atoms with Crippen molar-refractivity contribution in [2.75, 3.05) is 13.2 Å². The van der Waals surface area contributed by atoms with Gasteiger partial charge in [0.05, 0.1) is 24.5 Å². The second-order valence-corrected chi connectivity index (χ2v) is 37.1. The zero-order chi connectivity index (χ0) is 84.7. The molecule has 0 aromatic heterocycles. The van der Waals surface area contributed by atoms with Crippen molar-refractivity contribution in [1.29, 1.82) is 0 Å². The van der Waals surface area contributed by atoms with Crippen LogP contribution in [0.4, 0.5) is 48.3 Å². The summed E-state index contributed by atoms with van der Waals surface area (Å²) in [4.78, 5) is 12.8. The van der Waals surface area contributed by atoms with Crippen LogP contribution < -0.4 is 28.4 Å². The van der Waals surface area contributed by atoms with Crippen LogP contribution >= 0.6 is 0 Å². The van der Waals surface area contributed by atoms with Crippen LogP contribution in [0.2, 0.25) is 0 Å². The molecular weight excluding hydrogens is 1550 g/mol. The first-order chi connectivity index (χ1) is 58.0. The Bertz CT molecular complexity index is 4380. The van der Waals surface area contributed by atoms with E-state index in [0.29, 0.717) is 138 Å². The largest absolute Gasteiger partial charge is 0.490 e. The number of carbonyl (C=O) groups is 1. The summed E-state index contributed by atoms with van der Waals surface area (Å²) < 4.78 is 206. The van der Waals surface area contributed by atoms with Gasteiger partial charge in [-0.15, -0.1) is 0 Å². The van der Waals surface area contributed by atoms with Crippen molar-refractivity contribution in [3.63, 3.8) is 0 Å². The Morgan fingerprint density at radius 3 is 1.15 bits per heavy atom. The van der Waals surface area contributed by atoms with Gasteiger partial charge in [0.15, 0.2) is 69.2 Å². The molecule has 6 aromatic carbocycles. The Labute approximate surface area is 705 Å². The lowest BCUT2D eigenvalue weighted by Gasteiger charge is -2.33. The van der Waals surface area contributed by atoms with Gasteiger partial charge in [-0.25, -0.2) is 13.2 Å². The molecule has 4 heterocycles. The SMILES string of the molecule is CCCC1CCC(CCc2ccc3c(c2F)Oc2c(cc(OC(=O)C4CCC(CCC)CC4)c(F)c2F)C3)CC1.CCCC1CCC(CCc2ccc3c(c2F)Oc2c(cc(OC(F)(F)C4CCC(CCC)CC4)c(F)c2F)C3)CC1.CCCC1CCC(COc2ccc3c(c2F)Oc2c(cc(CCC4CCC(CCC)CO4)c(F)c2F)C3)CC1. The molecule has 0 bridgehead atoms. The second-order valence-electron chi connectivity index (χ2n) is 37.1. The van der Waals surface area contributed by atoms with E-state index in [1.54, 1.807) is 36.4 Å². The number of hydrogen-bond donors (Lipinski definition) is 0. The quantitative estimate of drug-likeness (QED) is 0.0261. The molecule has 19 heteroatoms. The van der Waals surface area contributed by atoms with Crippen molar-refractivity contribution < 1.29 is 86.2 Å². The number of esters is 1. The van der Waals surface area contributed by atoms with Crippen molar-refractivity contribution >= 4 is 5.97 Å². The molecule has 2 atom stereocenters. The van der Waals surface area contributed by atoms with Gasteiger partial charge in [-0.1, -0.05) is 207 Å². The molecule has 1 saturated heterocycles. The molecule has 5 aliphatic carbocycles. The van der Waals surface area contributed by atoms with Crippen molar-refractivity contribution in [2.45, 2.75) is 330 Å². The zero-order valence-electron chi connectivity index (χ0n) is 71.9. The molecular formula is C101H129F11O8. The molecule has 0 amide bonds. The van der Waals surface area contributed by atoms with E-state index < -0.39 is 87.6 Å². The topological polar surface area (TPSA) is 81.7 Å². The van der Waals surface area contributed by atoms with E-state index in [0.717, 1.165) is 127 Å². The molecule has 6 fully saturated rings. The summed E-state index contributed by atoms with van der Waals surface area (Å²) in [5.74, 6) is -7.67. The fourth-order valence-electron chi connectivity index (χ4n) is 21.3. The minimum absolute atomic E-state index is 0.0245. The van der Waals surface area contributed by atoms with E-state index in [4.69, 9.17) is 33.2 Å². The summed E-state index contributed by atoms with van der Waals surface area (Å²) in [6.07, 6.45) is 36.7. The normalized spacial score (nSPS) is 24.3. The van der Waals surface area contributed by atoms with Crippen LogP contribution in [-0.2, 0) is 48.1 Å². The summed E-state index contributed by atoms with van der Waals surface area (Å²) in [5.41, 5.74) is 4.08. The highest BCUT2D eigenvalue weighted by Crippen LogP contribution is 2.51. The highest BCUT2D eigenvalue weighted by molar-refractivity contribution is 5.75. The van der Waals surface area contributed by atoms with Gasteiger partial charge in [-0.3, -0.25) is 4.79 Å². The average Bonchev–Trinajstić information content (AvgIpc) is 0.767. The van der Waals surface area contributed by atoms with Gasteiger partial charge in [0.25, 0.3) is 0 Å². The van der Waals surface area contributed by atoms with E-state index >= 15 is 48.3 Å². The van der Waals surface area contributed by atoms with Crippen LogP contribution in [0.25, 0.3) is 0 Å². The summed E-state index contributed by atoms with van der Waals surface area (Å²) in [5, 5.41) is 0. The lowest BCUT2D eigenvalue weighted by atomic mass is 9.78. The molecule has 0 radical (unpaired) electrons. The molecule has 6 aromatic rings. The van der Waals surface area contributed by atoms with Crippen LogP contribution in [0.3, 0.4) is 0 Å². The number of aryl methyl sites for hydroxylation is 3. The molecule has 2 unspecified atom stereocenters. The number of ether oxygens (including phenoxy) is 7. The van der Waals surface area contributed by atoms with Crippen LogP contribution in [0.1, 0.15) is 329 Å². The third kappa shape index (κ3) is 22.4. The highest BCUT2D eigenvalue weighted by atomic mass is 19.3. The lowest BCUT2D eigenvalue weighted by molar-refractivity contribution is -0.224. The van der Waals surface area contributed by atoms with Gasteiger partial charge < -0.3 is 33.2 Å². The maximum atomic E-state index is 15.5. The van der Waals surface area contributed by atoms with Crippen LogP contribution in [0.5, 0.6) is 51.7 Å². The Kier molecular flexibility index (Phi) is 32.2. The summed E-state index contributed by atoms with van der Waals surface area (Å²) in [7, 11) is 0. The van der Waals surface area contributed by atoms with Crippen LogP contribution in [0.15, 0.2) is 54.6 Å². The van der Waals surface area contributed by atoms with Gasteiger partial charge in [0.2, 0.25) is 34.9 Å². The summed E-state index contributed by atoms with van der Waals surface area (Å²) >= 11 is 0. The molecule has 5 saturated carbocycles. The van der Waals surface area contributed by atoms with Gasteiger partial charge in [0, 0.05) is 59.3 Å². The first-order valence-corrected chi connectivity index (χ1v) is 46.5. The van der Waals surface area contributed by atoms with Crippen molar-refractivity contribution in [3.8, 4) is 51.7 Å². The van der Waals surface area contributed by atoms with Crippen LogP contribution in [-0.4, -0.2) is 31.4 Å². The minimum Gasteiger partial charge on any atom is -0.490 e. The number of rotatable bonds is 29. The second kappa shape index (κ2) is 42.6. The van der Waals surface area contributed by atoms with E-state index in [9.17, 15) is 4.79 Å². The number of hydrogen-bond acceptors (Lipinski definition) is 8. The van der Waals surface area contributed by atoms with Crippen molar-refractivity contribution in [1.82, 2.24) is 0 Å². The highest BCUT2D eigenvalue weighted by Gasteiger charge is 2.46. The smallest absolute Gasteiger partial charge is 0.400 e. The average molecular weight is 1680 g/mol. The Morgan fingerprint density at radius 2 is 0.700 bits per heavy atom. The predicted molar refractivity (Wildman–Crippen MR) is 448 cm³/mol. The van der Waals surface area contributed by atoms with Gasteiger partial charge in [-0.2, -0.15) is 35.1 Å². The predicted octanol–water partition coefficient (Wildman–Crippen LogP) is 30.1. The molecule has 8 nitrogen and oxygen atoms in total. The summed E-state index contributed by atoms with van der Waals surface area (Å²) in [6, 6.07) is 14.6. The fraction of sp³-hybridized carbons (Fsp3) is 0.634. The van der Waals surface area contributed by atoms with Gasteiger partial charge >= 0.3 is 12.1 Å². The van der Waals surface area contributed by atoms with Crippen molar-refractivity contribution in [3.05, 3.63) is 157 Å². The van der Waals surface area contributed by atoms with E-state index in [1.165, 1.54) is 102 Å². The Balaban J connectivity index is 0.000000156. The van der Waals surface area contributed by atoms with Crippen LogP contribution in [0, 0.1) is 117 Å². The number of alkyl halides is 2. The molecule has 0 spiro atoms. The molecule has 4 aliphatic heterocycles. The molecule has 0 N–H and O–H groups in total. The molecule has 658 valence electrons. The maximum absolute atomic E-state index is 15.5. The van der Waals surface area contributed by atoms with E-state index in [-0.39, 0.29) is 84.2 Å². The number of fused-ring (bicyclic) bond motifs is 6. The first kappa shape index (κ1) is 90.7. The molecule has 9 aliphatic rings. The number of carbonyl (C=O) groups excluding carboxylic acids is 1. The minimum atomic E-state index is -3.62. The third-order valence-corrected chi connectivity index (χ3v) is 28.5. The van der Waals surface area contributed by atoms with E-state index in [1.807, 2.05) is 6.07 Å². The zero-order valence-corrected chi connectivity index (χ0v) is 71.9. The third-order valence-electron chi connectivity index (χ3n) is 28.5. The monoisotopic (exact) mass is 1680 g/mol. The van der Waals surface area contributed by atoms with Gasteiger partial charge in [0.1, 0.15) is 0 Å². The molecule has 120 heavy (non-hydrogen) atoms. The van der Waals surface area contributed by atoms with Crippen molar-refractivity contribution in [2.24, 2.45) is 65.1 Å². The first-order valence-electron chi connectivity index (χ1n) is 46.5. The number of halogens is 11. The molecule has 15 rings (SSSR count). The van der Waals surface area contributed by atoms with E-state index in [2.05, 4.69) is 41.5 Å². The maximum Gasteiger partial charge on any atom is 0.400 e. The van der Waals surface area contributed by atoms with Gasteiger partial charge in [-0.05, 0) is 216 Å².